The molecule has 0 radical (unpaired) electrons. The number of benzene rings is 1. The van der Waals surface area contributed by atoms with Gasteiger partial charge in [-0.15, -0.1) is 0 Å². The first-order valence-corrected chi connectivity index (χ1v) is 10.5. The molecule has 1 aromatic heterocycles. The van der Waals surface area contributed by atoms with Gasteiger partial charge in [-0.25, -0.2) is 9.59 Å². The second kappa shape index (κ2) is 9.65. The van der Waals surface area contributed by atoms with E-state index < -0.39 is 17.2 Å². The van der Waals surface area contributed by atoms with E-state index in [1.807, 2.05) is 19.1 Å². The van der Waals surface area contributed by atoms with Crippen LogP contribution in [0.3, 0.4) is 0 Å². The van der Waals surface area contributed by atoms with Crippen LogP contribution in [0.2, 0.25) is 0 Å². The third-order valence-electron chi connectivity index (χ3n) is 5.38. The number of esters is 1. The van der Waals surface area contributed by atoms with Crippen LogP contribution in [0.25, 0.3) is 11.0 Å². The Bertz CT molecular complexity index is 963. The second-order valence-corrected chi connectivity index (χ2v) is 7.57. The maximum Gasteiger partial charge on any atom is 0.362 e. The molecule has 0 unspecified atom stereocenters. The van der Waals surface area contributed by atoms with E-state index in [1.54, 1.807) is 19.1 Å². The predicted octanol–water partition coefficient (Wildman–Crippen LogP) is 4.00. The largest absolute Gasteiger partial charge is 0.466 e. The van der Waals surface area contributed by atoms with Gasteiger partial charge >= 0.3 is 17.6 Å². The quantitative estimate of drug-likeness (QED) is 0.466. The minimum Gasteiger partial charge on any atom is -0.466 e. The van der Waals surface area contributed by atoms with Crippen LogP contribution in [0, 0.1) is 0 Å². The van der Waals surface area contributed by atoms with Crippen molar-refractivity contribution in [2.24, 2.45) is 0 Å². The summed E-state index contributed by atoms with van der Waals surface area (Å²) in [6.07, 6.45) is 4.38. The average Bonchev–Trinajstić information content (AvgIpc) is 2.71. The number of carbonyl (C=O) groups excluding carboxylic acids is 2. The lowest BCUT2D eigenvalue weighted by Gasteiger charge is -2.37. The zero-order valence-corrected chi connectivity index (χ0v) is 17.5. The number of urea groups is 1. The van der Waals surface area contributed by atoms with Crippen molar-refractivity contribution in [2.75, 3.05) is 23.8 Å². The van der Waals surface area contributed by atoms with Crippen molar-refractivity contribution in [1.29, 1.82) is 0 Å². The van der Waals surface area contributed by atoms with E-state index in [-0.39, 0.29) is 18.1 Å². The molecule has 2 amide bonds. The number of ether oxygens (including phenoxy) is 1. The zero-order chi connectivity index (χ0) is 21.6. The van der Waals surface area contributed by atoms with E-state index >= 15 is 0 Å². The van der Waals surface area contributed by atoms with Crippen molar-refractivity contribution in [3.05, 3.63) is 34.7 Å². The number of rotatable bonds is 7. The summed E-state index contributed by atoms with van der Waals surface area (Å²) in [5.41, 5.74) is -0.305. The van der Waals surface area contributed by atoms with Crippen molar-refractivity contribution in [2.45, 2.75) is 57.9 Å². The highest BCUT2D eigenvalue weighted by molar-refractivity contribution is 6.01. The van der Waals surface area contributed by atoms with Gasteiger partial charge in [-0.2, -0.15) is 0 Å². The zero-order valence-electron chi connectivity index (χ0n) is 17.5. The Hall–Kier alpha value is -3.03. The summed E-state index contributed by atoms with van der Waals surface area (Å²) in [6.45, 7) is 4.53. The summed E-state index contributed by atoms with van der Waals surface area (Å²) in [5.74, 6) is -0.335. The number of para-hydroxylation sites is 1. The van der Waals surface area contributed by atoms with Crippen LogP contribution in [-0.2, 0) is 9.53 Å². The summed E-state index contributed by atoms with van der Waals surface area (Å²) >= 11 is 0. The van der Waals surface area contributed by atoms with Gasteiger partial charge in [0.25, 0.3) is 0 Å². The van der Waals surface area contributed by atoms with Crippen LogP contribution >= 0.6 is 0 Å². The molecule has 1 aliphatic carbocycles. The fraction of sp³-hybridized carbons (Fsp3) is 0.500. The first-order valence-electron chi connectivity index (χ1n) is 10.5. The second-order valence-electron chi connectivity index (χ2n) is 7.57. The number of anilines is 2. The molecule has 0 bridgehead atoms. The van der Waals surface area contributed by atoms with Crippen LogP contribution in [0.15, 0.2) is 33.5 Å². The van der Waals surface area contributed by atoms with E-state index in [9.17, 15) is 14.4 Å². The summed E-state index contributed by atoms with van der Waals surface area (Å²) in [6, 6.07) is 6.61. The molecule has 3 N–H and O–H groups in total. The first-order chi connectivity index (χ1) is 14.5. The third kappa shape index (κ3) is 4.93. The van der Waals surface area contributed by atoms with Crippen LogP contribution in [0.5, 0.6) is 0 Å². The van der Waals surface area contributed by atoms with Crippen LogP contribution in [0.4, 0.5) is 16.2 Å². The van der Waals surface area contributed by atoms with Crippen LogP contribution in [0.1, 0.15) is 52.4 Å². The van der Waals surface area contributed by atoms with Gasteiger partial charge in [0.15, 0.2) is 5.69 Å². The molecular weight excluding hydrogens is 386 g/mol. The number of hydrogen-bond acceptors (Lipinski definition) is 6. The molecule has 0 spiro atoms. The monoisotopic (exact) mass is 415 g/mol. The summed E-state index contributed by atoms with van der Waals surface area (Å²) in [7, 11) is 0. The minimum absolute atomic E-state index is 0.0511. The highest BCUT2D eigenvalue weighted by Gasteiger charge is 2.36. The molecule has 0 aliphatic heterocycles. The number of nitrogens with one attached hydrogen (secondary N) is 3. The maximum absolute atomic E-state index is 12.9. The van der Waals surface area contributed by atoms with E-state index in [1.165, 1.54) is 0 Å². The van der Waals surface area contributed by atoms with Crippen LogP contribution < -0.4 is 21.6 Å². The van der Waals surface area contributed by atoms with Crippen molar-refractivity contribution in [3.63, 3.8) is 0 Å². The molecule has 1 saturated carbocycles. The Balaban J connectivity index is 1.86. The number of amides is 2. The summed E-state index contributed by atoms with van der Waals surface area (Å²) in [5, 5.41) is 9.47. The lowest BCUT2D eigenvalue weighted by atomic mass is 9.79. The van der Waals surface area contributed by atoms with Gasteiger partial charge in [-0.3, -0.25) is 10.1 Å². The molecule has 0 saturated heterocycles. The highest BCUT2D eigenvalue weighted by atomic mass is 16.5. The van der Waals surface area contributed by atoms with Crippen molar-refractivity contribution in [3.8, 4) is 0 Å². The molecule has 1 heterocycles. The fourth-order valence-electron chi connectivity index (χ4n) is 4.07. The Labute approximate surface area is 175 Å². The molecule has 0 atom stereocenters. The number of hydrogen-bond donors (Lipinski definition) is 3. The predicted molar refractivity (Wildman–Crippen MR) is 116 cm³/mol. The third-order valence-corrected chi connectivity index (χ3v) is 5.38. The molecule has 8 nitrogen and oxygen atoms in total. The molecule has 3 rings (SSSR count). The normalized spacial score (nSPS) is 15.4. The topological polar surface area (TPSA) is 110 Å². The fourth-order valence-corrected chi connectivity index (χ4v) is 4.07. The van der Waals surface area contributed by atoms with Gasteiger partial charge in [-0.05, 0) is 38.8 Å². The van der Waals surface area contributed by atoms with Gasteiger partial charge in [0.05, 0.1) is 24.3 Å². The molecule has 1 aromatic carbocycles. The summed E-state index contributed by atoms with van der Waals surface area (Å²) < 4.78 is 10.5. The van der Waals surface area contributed by atoms with Crippen molar-refractivity contribution >= 4 is 34.3 Å². The molecular formula is C22H29N3O5. The molecule has 2 aromatic rings. The van der Waals surface area contributed by atoms with Crippen LogP contribution in [-0.4, -0.2) is 30.7 Å². The van der Waals surface area contributed by atoms with E-state index in [0.29, 0.717) is 42.6 Å². The average molecular weight is 415 g/mol. The van der Waals surface area contributed by atoms with Crippen molar-refractivity contribution < 1.29 is 18.7 Å². The number of fused-ring (bicyclic) bond motifs is 1. The lowest BCUT2D eigenvalue weighted by Crippen LogP contribution is -2.53. The van der Waals surface area contributed by atoms with E-state index in [0.717, 1.165) is 19.3 Å². The van der Waals surface area contributed by atoms with Gasteiger partial charge in [0.1, 0.15) is 5.58 Å². The maximum atomic E-state index is 12.9. The molecule has 8 heteroatoms. The van der Waals surface area contributed by atoms with Gasteiger partial charge in [-0.1, -0.05) is 31.4 Å². The SMILES string of the molecule is CCNc1c(NC(=O)NC2(CC(=O)OCC)CCCCC2)c(=O)oc2ccccc12. The molecule has 162 valence electrons. The van der Waals surface area contributed by atoms with Crippen molar-refractivity contribution in [1.82, 2.24) is 5.32 Å². The van der Waals surface area contributed by atoms with Gasteiger partial charge in [0, 0.05) is 11.9 Å². The Morgan fingerprint density at radius 1 is 1.10 bits per heavy atom. The Kier molecular flexibility index (Phi) is 6.97. The standard InChI is InChI=1S/C22H29N3O5/c1-3-23-18-15-10-6-7-11-16(15)30-20(27)19(18)24-21(28)25-22(12-8-5-9-13-22)14-17(26)29-4-2/h6-7,10-11,23H,3-5,8-9,12-14H2,1-2H3,(H2,24,25,28). The smallest absolute Gasteiger partial charge is 0.362 e. The lowest BCUT2D eigenvalue weighted by molar-refractivity contribution is -0.145. The molecule has 1 aliphatic rings. The highest BCUT2D eigenvalue weighted by Crippen LogP contribution is 2.32. The van der Waals surface area contributed by atoms with Gasteiger partial charge in [0.2, 0.25) is 0 Å². The Morgan fingerprint density at radius 2 is 1.83 bits per heavy atom. The van der Waals surface area contributed by atoms with E-state index in [2.05, 4.69) is 16.0 Å². The summed E-state index contributed by atoms with van der Waals surface area (Å²) in [4.78, 5) is 37.6. The molecule has 30 heavy (non-hydrogen) atoms. The minimum atomic E-state index is -0.677. The molecule has 1 fully saturated rings. The number of carbonyl (C=O) groups is 2. The van der Waals surface area contributed by atoms with Gasteiger partial charge < -0.3 is 19.8 Å². The van der Waals surface area contributed by atoms with E-state index in [4.69, 9.17) is 9.15 Å². The Morgan fingerprint density at radius 3 is 2.53 bits per heavy atom. The first kappa shape index (κ1) is 21.7.